The summed E-state index contributed by atoms with van der Waals surface area (Å²) in [6.07, 6.45) is 14.2. The molecule has 1 saturated carbocycles. The van der Waals surface area contributed by atoms with Gasteiger partial charge in [0.05, 0.1) is 6.61 Å². The summed E-state index contributed by atoms with van der Waals surface area (Å²) in [5.74, 6) is 0.788. The standard InChI is InChI=1S/C23H32F2O/c1-3-5-16-6-8-17(9-7-16)18-10-12-19(13-11-18)20-14-15-21(26-4-2)23(25)22(20)24/h6,8,14-19H,3-5,7,9-13H2,1-2H3/t16?,17?,18-,19-. The van der Waals surface area contributed by atoms with Gasteiger partial charge >= 0.3 is 0 Å². The van der Waals surface area contributed by atoms with E-state index in [0.29, 0.717) is 24.0 Å². The van der Waals surface area contributed by atoms with E-state index in [1.165, 1.54) is 25.7 Å². The van der Waals surface area contributed by atoms with Gasteiger partial charge in [0.1, 0.15) is 0 Å². The van der Waals surface area contributed by atoms with Crippen LogP contribution in [0.1, 0.15) is 76.7 Å². The second kappa shape index (κ2) is 9.01. The van der Waals surface area contributed by atoms with Crippen LogP contribution in [0.25, 0.3) is 0 Å². The van der Waals surface area contributed by atoms with E-state index < -0.39 is 11.6 Å². The maximum atomic E-state index is 14.5. The molecule has 144 valence electrons. The second-order valence-electron chi connectivity index (χ2n) is 8.00. The fraction of sp³-hybridized carbons (Fsp3) is 0.652. The van der Waals surface area contributed by atoms with Crippen molar-refractivity contribution in [3.05, 3.63) is 41.5 Å². The van der Waals surface area contributed by atoms with E-state index >= 15 is 0 Å². The first-order chi connectivity index (χ1) is 12.6. The molecule has 26 heavy (non-hydrogen) atoms. The van der Waals surface area contributed by atoms with Crippen molar-refractivity contribution in [2.24, 2.45) is 17.8 Å². The molecule has 2 aliphatic carbocycles. The van der Waals surface area contributed by atoms with Crippen molar-refractivity contribution in [2.75, 3.05) is 6.61 Å². The molecule has 2 atom stereocenters. The highest BCUT2D eigenvalue weighted by molar-refractivity contribution is 5.33. The van der Waals surface area contributed by atoms with Crippen LogP contribution in [0.5, 0.6) is 5.75 Å². The number of benzene rings is 1. The Morgan fingerprint density at radius 1 is 0.923 bits per heavy atom. The van der Waals surface area contributed by atoms with Gasteiger partial charge in [-0.15, -0.1) is 0 Å². The maximum absolute atomic E-state index is 14.5. The van der Waals surface area contributed by atoms with Crippen LogP contribution in [0.15, 0.2) is 24.3 Å². The van der Waals surface area contributed by atoms with Crippen LogP contribution in [0.4, 0.5) is 8.78 Å². The van der Waals surface area contributed by atoms with Crippen LogP contribution in [-0.2, 0) is 0 Å². The molecule has 0 bridgehead atoms. The Hall–Kier alpha value is -1.38. The highest BCUT2D eigenvalue weighted by Crippen LogP contribution is 2.43. The van der Waals surface area contributed by atoms with E-state index in [4.69, 9.17) is 4.74 Å². The Bertz CT molecular complexity index is 617. The third-order valence-electron chi connectivity index (χ3n) is 6.35. The Kier molecular flexibility index (Phi) is 6.72. The van der Waals surface area contributed by atoms with Crippen LogP contribution in [0.2, 0.25) is 0 Å². The molecule has 0 aromatic heterocycles. The van der Waals surface area contributed by atoms with Crippen LogP contribution >= 0.6 is 0 Å². The first-order valence-corrected chi connectivity index (χ1v) is 10.4. The van der Waals surface area contributed by atoms with Crippen molar-refractivity contribution < 1.29 is 13.5 Å². The number of hydrogen-bond acceptors (Lipinski definition) is 1. The first-order valence-electron chi connectivity index (χ1n) is 10.4. The number of rotatable bonds is 6. The van der Waals surface area contributed by atoms with Crippen LogP contribution in [0.3, 0.4) is 0 Å². The van der Waals surface area contributed by atoms with E-state index in [1.807, 2.05) is 0 Å². The van der Waals surface area contributed by atoms with Crippen molar-refractivity contribution in [1.82, 2.24) is 0 Å². The summed E-state index contributed by atoms with van der Waals surface area (Å²) >= 11 is 0. The predicted octanol–water partition coefficient (Wildman–Crippen LogP) is 7.02. The molecule has 3 rings (SSSR count). The minimum Gasteiger partial charge on any atom is -0.491 e. The van der Waals surface area contributed by atoms with Crippen LogP contribution in [-0.4, -0.2) is 6.61 Å². The molecule has 2 aliphatic rings. The van der Waals surface area contributed by atoms with Gasteiger partial charge in [0.15, 0.2) is 11.6 Å². The lowest BCUT2D eigenvalue weighted by Crippen LogP contribution is -2.23. The molecule has 1 fully saturated rings. The topological polar surface area (TPSA) is 9.23 Å². The number of halogens is 2. The molecule has 0 heterocycles. The molecule has 3 heteroatoms. The predicted molar refractivity (Wildman–Crippen MR) is 102 cm³/mol. The summed E-state index contributed by atoms with van der Waals surface area (Å²) in [5, 5.41) is 0. The second-order valence-corrected chi connectivity index (χ2v) is 8.00. The molecule has 1 aromatic rings. The normalized spacial score (nSPS) is 28.9. The van der Waals surface area contributed by atoms with Crippen molar-refractivity contribution in [1.29, 1.82) is 0 Å². The summed E-state index contributed by atoms with van der Waals surface area (Å²) in [6.45, 7) is 4.37. The highest BCUT2D eigenvalue weighted by Gasteiger charge is 2.30. The largest absolute Gasteiger partial charge is 0.491 e. The van der Waals surface area contributed by atoms with Crippen molar-refractivity contribution in [2.45, 2.75) is 71.1 Å². The summed E-state index contributed by atoms with van der Waals surface area (Å²) in [4.78, 5) is 0. The molecular formula is C23H32F2O. The van der Waals surface area contributed by atoms with E-state index in [9.17, 15) is 8.78 Å². The van der Waals surface area contributed by atoms with Gasteiger partial charge in [-0.25, -0.2) is 4.39 Å². The first kappa shape index (κ1) is 19.4. The number of ether oxygens (including phenoxy) is 1. The molecule has 0 saturated heterocycles. The SMILES string of the molecule is CCCC1C=CC([C@H]2CC[C@H](c3ccc(OCC)c(F)c3F)CC2)CC1. The summed E-state index contributed by atoms with van der Waals surface area (Å²) < 4.78 is 33.8. The van der Waals surface area contributed by atoms with E-state index in [1.54, 1.807) is 19.1 Å². The van der Waals surface area contributed by atoms with Crippen LogP contribution in [0, 0.1) is 29.4 Å². The van der Waals surface area contributed by atoms with Gasteiger partial charge in [-0.1, -0.05) is 31.6 Å². The molecule has 0 aliphatic heterocycles. The van der Waals surface area contributed by atoms with E-state index in [0.717, 1.165) is 31.6 Å². The molecule has 0 radical (unpaired) electrons. The fourth-order valence-corrected chi connectivity index (χ4v) is 4.89. The Morgan fingerprint density at radius 2 is 1.69 bits per heavy atom. The molecule has 2 unspecified atom stereocenters. The van der Waals surface area contributed by atoms with Crippen LogP contribution < -0.4 is 4.74 Å². The zero-order chi connectivity index (χ0) is 18.5. The molecule has 0 N–H and O–H groups in total. The van der Waals surface area contributed by atoms with Gasteiger partial charge in [-0.05, 0) is 87.2 Å². The highest BCUT2D eigenvalue weighted by atomic mass is 19.2. The van der Waals surface area contributed by atoms with Gasteiger partial charge in [0, 0.05) is 0 Å². The Morgan fingerprint density at radius 3 is 2.31 bits per heavy atom. The van der Waals surface area contributed by atoms with Gasteiger partial charge in [0.2, 0.25) is 5.82 Å². The lowest BCUT2D eigenvalue weighted by molar-refractivity contribution is 0.236. The van der Waals surface area contributed by atoms with Crippen molar-refractivity contribution in [3.63, 3.8) is 0 Å². The summed E-state index contributed by atoms with van der Waals surface area (Å²) in [5.41, 5.74) is 0.534. The average molecular weight is 363 g/mol. The maximum Gasteiger partial charge on any atom is 0.200 e. The lowest BCUT2D eigenvalue weighted by Gasteiger charge is -2.35. The molecule has 1 nitrogen and oxygen atoms in total. The monoisotopic (exact) mass is 362 g/mol. The minimum atomic E-state index is -0.830. The molecular weight excluding hydrogens is 330 g/mol. The van der Waals surface area contributed by atoms with Gasteiger partial charge < -0.3 is 4.74 Å². The molecule has 0 spiro atoms. The Balaban J connectivity index is 1.59. The van der Waals surface area contributed by atoms with Crippen molar-refractivity contribution in [3.8, 4) is 5.75 Å². The minimum absolute atomic E-state index is 0.0245. The van der Waals surface area contributed by atoms with Gasteiger partial charge in [-0.2, -0.15) is 4.39 Å². The van der Waals surface area contributed by atoms with Gasteiger partial charge in [-0.3, -0.25) is 0 Å². The lowest BCUT2D eigenvalue weighted by atomic mass is 9.70. The zero-order valence-corrected chi connectivity index (χ0v) is 16.1. The third-order valence-corrected chi connectivity index (χ3v) is 6.35. The Labute approximate surface area is 156 Å². The van der Waals surface area contributed by atoms with Crippen molar-refractivity contribution >= 4 is 0 Å². The average Bonchev–Trinajstić information content (AvgIpc) is 2.67. The zero-order valence-electron chi connectivity index (χ0n) is 16.1. The summed E-state index contributed by atoms with van der Waals surface area (Å²) in [6, 6.07) is 3.31. The number of allylic oxidation sites excluding steroid dienone is 2. The van der Waals surface area contributed by atoms with Gasteiger partial charge in [0.25, 0.3) is 0 Å². The fourth-order valence-electron chi connectivity index (χ4n) is 4.89. The smallest absolute Gasteiger partial charge is 0.200 e. The number of hydrogen-bond donors (Lipinski definition) is 0. The van der Waals surface area contributed by atoms with E-state index in [-0.39, 0.29) is 11.7 Å². The quantitative estimate of drug-likeness (QED) is 0.494. The van der Waals surface area contributed by atoms with E-state index in [2.05, 4.69) is 19.1 Å². The third kappa shape index (κ3) is 4.29. The molecule has 0 amide bonds. The molecule has 1 aromatic carbocycles. The summed E-state index contributed by atoms with van der Waals surface area (Å²) in [7, 11) is 0.